The minimum atomic E-state index is 0.182. The molecule has 7 nitrogen and oxygen atoms in total. The second-order valence-electron chi connectivity index (χ2n) is 5.79. The molecular weight excluding hydrogens is 314 g/mol. The molecule has 0 aliphatic carbocycles. The molecule has 2 aromatic heterocycles. The molecule has 7 heteroatoms. The van der Waals surface area contributed by atoms with Crippen LogP contribution in [0.4, 0.5) is 17.6 Å². The van der Waals surface area contributed by atoms with Crippen molar-refractivity contribution < 1.29 is 0 Å². The van der Waals surface area contributed by atoms with E-state index in [1.807, 2.05) is 54.0 Å². The molecule has 4 rings (SSSR count). The number of para-hydroxylation sites is 2. The van der Waals surface area contributed by atoms with Crippen LogP contribution in [0.3, 0.4) is 0 Å². The molecule has 0 atom stereocenters. The van der Waals surface area contributed by atoms with Crippen molar-refractivity contribution in [1.82, 2.24) is 24.5 Å². The molecule has 0 amide bonds. The van der Waals surface area contributed by atoms with Crippen molar-refractivity contribution in [3.05, 3.63) is 59.9 Å². The Labute approximate surface area is 144 Å². The van der Waals surface area contributed by atoms with Gasteiger partial charge in [-0.25, -0.2) is 9.55 Å². The molecule has 0 saturated carbocycles. The molecule has 0 radical (unpaired) electrons. The van der Waals surface area contributed by atoms with E-state index in [-0.39, 0.29) is 5.95 Å². The average molecular weight is 331 g/mol. The lowest BCUT2D eigenvalue weighted by Crippen LogP contribution is -2.10. The van der Waals surface area contributed by atoms with Crippen LogP contribution in [0.15, 0.2) is 48.5 Å². The molecular formula is C18H17N7. The van der Waals surface area contributed by atoms with Crippen LogP contribution in [-0.4, -0.2) is 24.5 Å². The maximum Gasteiger partial charge on any atom is 0.242 e. The summed E-state index contributed by atoms with van der Waals surface area (Å²) in [6.45, 7) is 3.83. The number of fused-ring (bicyclic) bond motifs is 1. The van der Waals surface area contributed by atoms with Crippen LogP contribution >= 0.6 is 0 Å². The Balaban J connectivity index is 1.92. The predicted octanol–water partition coefficient (Wildman–Crippen LogP) is 3.15. The summed E-state index contributed by atoms with van der Waals surface area (Å²) in [4.78, 5) is 17.4. The highest BCUT2D eigenvalue weighted by molar-refractivity contribution is 5.81. The van der Waals surface area contributed by atoms with Gasteiger partial charge in [-0.05, 0) is 43.7 Å². The summed E-state index contributed by atoms with van der Waals surface area (Å²) in [6, 6.07) is 15.9. The molecule has 0 aliphatic heterocycles. The first kappa shape index (κ1) is 15.1. The Morgan fingerprint density at radius 1 is 0.920 bits per heavy atom. The van der Waals surface area contributed by atoms with Gasteiger partial charge in [-0.2, -0.15) is 15.0 Å². The Bertz CT molecular complexity index is 1050. The van der Waals surface area contributed by atoms with Crippen molar-refractivity contribution in [3.8, 4) is 5.95 Å². The summed E-state index contributed by atoms with van der Waals surface area (Å²) in [7, 11) is 0. The topological polar surface area (TPSA) is 94.5 Å². The van der Waals surface area contributed by atoms with E-state index in [1.165, 1.54) is 0 Å². The third-order valence-corrected chi connectivity index (χ3v) is 3.79. The van der Waals surface area contributed by atoms with Crippen LogP contribution in [0, 0.1) is 13.8 Å². The first-order valence-corrected chi connectivity index (χ1v) is 7.90. The van der Waals surface area contributed by atoms with Gasteiger partial charge < -0.3 is 11.1 Å². The number of aryl methyl sites for hydroxylation is 2. The molecule has 2 heterocycles. The third-order valence-electron chi connectivity index (χ3n) is 3.79. The number of nitrogens with zero attached hydrogens (tertiary/aromatic N) is 5. The summed E-state index contributed by atoms with van der Waals surface area (Å²) in [6.07, 6.45) is 0. The fraction of sp³-hybridized carbons (Fsp3) is 0.111. The zero-order chi connectivity index (χ0) is 17.4. The quantitative estimate of drug-likeness (QED) is 0.599. The normalized spacial score (nSPS) is 11.0. The standard InChI is InChI=1S/C18H17N7/c1-11-6-5-7-13(10-11)22-18-23-14-8-3-4-9-15(14)25(18)17-21-12(2)20-16(19)24-17/h3-10H,1-2H3,(H,22,23)(H2,19,20,21,24). The van der Waals surface area contributed by atoms with Crippen molar-refractivity contribution in [2.45, 2.75) is 13.8 Å². The van der Waals surface area contributed by atoms with Gasteiger partial charge in [0.2, 0.25) is 17.8 Å². The van der Waals surface area contributed by atoms with Gasteiger partial charge in [0, 0.05) is 5.69 Å². The van der Waals surface area contributed by atoms with Gasteiger partial charge in [-0.15, -0.1) is 0 Å². The maximum absolute atomic E-state index is 5.82. The predicted molar refractivity (Wildman–Crippen MR) is 98.1 cm³/mol. The maximum atomic E-state index is 5.82. The van der Waals surface area contributed by atoms with Crippen LogP contribution in [0.2, 0.25) is 0 Å². The van der Waals surface area contributed by atoms with E-state index in [4.69, 9.17) is 5.73 Å². The first-order valence-electron chi connectivity index (χ1n) is 7.90. The Hall–Kier alpha value is -3.48. The number of hydrogen-bond donors (Lipinski definition) is 2. The molecule has 0 fully saturated rings. The van der Waals surface area contributed by atoms with Crippen molar-refractivity contribution in [2.24, 2.45) is 0 Å². The molecule has 3 N–H and O–H groups in total. The van der Waals surface area contributed by atoms with Crippen LogP contribution in [-0.2, 0) is 0 Å². The lowest BCUT2D eigenvalue weighted by atomic mass is 10.2. The Morgan fingerprint density at radius 3 is 2.56 bits per heavy atom. The molecule has 0 spiro atoms. The highest BCUT2D eigenvalue weighted by atomic mass is 15.3. The summed E-state index contributed by atoms with van der Waals surface area (Å²) in [5, 5.41) is 3.35. The molecule has 25 heavy (non-hydrogen) atoms. The highest BCUT2D eigenvalue weighted by Gasteiger charge is 2.15. The number of anilines is 3. The first-order chi connectivity index (χ1) is 12.1. The molecule has 0 saturated heterocycles. The molecule has 0 unspecified atom stereocenters. The molecule has 0 aliphatic rings. The SMILES string of the molecule is Cc1cccc(Nc2nc3ccccc3n2-c2nc(C)nc(N)n2)c1. The van der Waals surface area contributed by atoms with Crippen molar-refractivity contribution in [2.75, 3.05) is 11.1 Å². The number of benzene rings is 2. The van der Waals surface area contributed by atoms with E-state index in [0.29, 0.717) is 17.7 Å². The van der Waals surface area contributed by atoms with E-state index >= 15 is 0 Å². The van der Waals surface area contributed by atoms with Crippen LogP contribution in [0.25, 0.3) is 17.0 Å². The number of hydrogen-bond acceptors (Lipinski definition) is 6. The van der Waals surface area contributed by atoms with Crippen LogP contribution < -0.4 is 11.1 Å². The van der Waals surface area contributed by atoms with E-state index in [9.17, 15) is 0 Å². The lowest BCUT2D eigenvalue weighted by Gasteiger charge is -2.10. The zero-order valence-electron chi connectivity index (χ0n) is 13.9. The molecule has 0 bridgehead atoms. The summed E-state index contributed by atoms with van der Waals surface area (Å²) in [5.74, 6) is 1.80. The zero-order valence-corrected chi connectivity index (χ0v) is 13.9. The lowest BCUT2D eigenvalue weighted by molar-refractivity contribution is 0.894. The number of nitrogens with one attached hydrogen (secondary N) is 1. The second kappa shape index (κ2) is 5.86. The van der Waals surface area contributed by atoms with E-state index in [2.05, 4.69) is 31.3 Å². The largest absolute Gasteiger partial charge is 0.368 e. The number of imidazole rings is 1. The van der Waals surface area contributed by atoms with Gasteiger partial charge in [0.15, 0.2) is 0 Å². The second-order valence-corrected chi connectivity index (χ2v) is 5.79. The van der Waals surface area contributed by atoms with Gasteiger partial charge in [0.25, 0.3) is 0 Å². The Kier molecular flexibility index (Phi) is 3.53. The van der Waals surface area contributed by atoms with Gasteiger partial charge >= 0.3 is 0 Å². The summed E-state index contributed by atoms with van der Waals surface area (Å²) >= 11 is 0. The summed E-state index contributed by atoms with van der Waals surface area (Å²) in [5.41, 5.74) is 9.65. The number of rotatable bonds is 3. The van der Waals surface area contributed by atoms with Crippen molar-refractivity contribution in [1.29, 1.82) is 0 Å². The third kappa shape index (κ3) is 2.87. The minimum Gasteiger partial charge on any atom is -0.368 e. The average Bonchev–Trinajstić information content (AvgIpc) is 2.91. The monoisotopic (exact) mass is 331 g/mol. The summed E-state index contributed by atoms with van der Waals surface area (Å²) < 4.78 is 1.85. The van der Waals surface area contributed by atoms with E-state index in [1.54, 1.807) is 6.92 Å². The number of nitrogen functional groups attached to an aromatic ring is 1. The Morgan fingerprint density at radius 2 is 1.76 bits per heavy atom. The molecule has 2 aromatic carbocycles. The van der Waals surface area contributed by atoms with Gasteiger partial charge in [-0.1, -0.05) is 24.3 Å². The van der Waals surface area contributed by atoms with E-state index < -0.39 is 0 Å². The van der Waals surface area contributed by atoms with Crippen molar-refractivity contribution >= 4 is 28.6 Å². The van der Waals surface area contributed by atoms with Crippen molar-refractivity contribution in [3.63, 3.8) is 0 Å². The van der Waals surface area contributed by atoms with Gasteiger partial charge in [0.05, 0.1) is 11.0 Å². The highest BCUT2D eigenvalue weighted by Crippen LogP contribution is 2.25. The van der Waals surface area contributed by atoms with Crippen LogP contribution in [0.1, 0.15) is 11.4 Å². The van der Waals surface area contributed by atoms with Gasteiger partial charge in [0.1, 0.15) is 5.82 Å². The van der Waals surface area contributed by atoms with E-state index in [0.717, 1.165) is 22.3 Å². The number of aromatic nitrogens is 5. The molecule has 124 valence electrons. The van der Waals surface area contributed by atoms with Gasteiger partial charge in [-0.3, -0.25) is 0 Å². The van der Waals surface area contributed by atoms with Crippen LogP contribution in [0.5, 0.6) is 0 Å². The number of nitrogens with two attached hydrogens (primary N) is 1. The fourth-order valence-electron chi connectivity index (χ4n) is 2.75. The smallest absolute Gasteiger partial charge is 0.242 e. The fourth-order valence-corrected chi connectivity index (χ4v) is 2.75. The minimum absolute atomic E-state index is 0.182. The molecule has 4 aromatic rings.